The molecule has 7 nitrogen and oxygen atoms in total. The highest BCUT2D eigenvalue weighted by molar-refractivity contribution is 7.92. The van der Waals surface area contributed by atoms with Gasteiger partial charge in [-0.15, -0.1) is 0 Å². The van der Waals surface area contributed by atoms with Crippen LogP contribution >= 0.6 is 0 Å². The van der Waals surface area contributed by atoms with Gasteiger partial charge in [-0.1, -0.05) is 0 Å². The summed E-state index contributed by atoms with van der Waals surface area (Å²) in [4.78, 5) is 11.5. The van der Waals surface area contributed by atoms with E-state index in [2.05, 4.69) is 5.32 Å². The summed E-state index contributed by atoms with van der Waals surface area (Å²) in [6.45, 7) is 2.05. The van der Waals surface area contributed by atoms with E-state index >= 15 is 0 Å². The molecular formula is C18H18F3NO6S. The van der Waals surface area contributed by atoms with Gasteiger partial charge in [0.2, 0.25) is 0 Å². The second-order valence-corrected chi connectivity index (χ2v) is 7.51. The summed E-state index contributed by atoms with van der Waals surface area (Å²) in [5, 5.41) is 2.36. The molecule has 2 aromatic carbocycles. The summed E-state index contributed by atoms with van der Waals surface area (Å²) in [6, 6.07) is 6.75. The van der Waals surface area contributed by atoms with Crippen molar-refractivity contribution >= 4 is 21.4 Å². The summed E-state index contributed by atoms with van der Waals surface area (Å²) in [7, 11) is -2.94. The molecule has 0 unspecified atom stereocenters. The van der Waals surface area contributed by atoms with Crippen molar-refractivity contribution < 1.29 is 40.6 Å². The fourth-order valence-corrected chi connectivity index (χ4v) is 3.15. The number of halogens is 3. The molecule has 2 aromatic rings. The number of benzene rings is 2. The van der Waals surface area contributed by atoms with Gasteiger partial charge in [0.1, 0.15) is 5.75 Å². The van der Waals surface area contributed by atoms with Crippen LogP contribution in [0.2, 0.25) is 0 Å². The number of carbonyl (C=O) groups excluding carboxylic acids is 1. The highest BCUT2D eigenvalue weighted by atomic mass is 32.2. The van der Waals surface area contributed by atoms with E-state index in [1.54, 1.807) is 6.92 Å². The number of anilines is 1. The van der Waals surface area contributed by atoms with Gasteiger partial charge in [0.25, 0.3) is 15.7 Å². The Hall–Kier alpha value is -2.95. The van der Waals surface area contributed by atoms with E-state index in [1.807, 2.05) is 0 Å². The number of nitrogens with one attached hydrogen (secondary N) is 1. The van der Waals surface area contributed by atoms with Crippen LogP contribution in [0.4, 0.5) is 18.9 Å². The molecule has 11 heteroatoms. The molecule has 0 aromatic heterocycles. The Morgan fingerprint density at radius 2 is 1.62 bits per heavy atom. The molecule has 0 atom stereocenters. The molecule has 0 aliphatic heterocycles. The number of sulfone groups is 1. The van der Waals surface area contributed by atoms with Crippen molar-refractivity contribution in [1.82, 2.24) is 0 Å². The monoisotopic (exact) mass is 433 g/mol. The Kier molecular flexibility index (Phi) is 6.62. The number of amides is 1. The van der Waals surface area contributed by atoms with E-state index in [-0.39, 0.29) is 17.0 Å². The number of rotatable bonds is 7. The lowest BCUT2D eigenvalue weighted by Crippen LogP contribution is -2.23. The van der Waals surface area contributed by atoms with Crippen molar-refractivity contribution in [3.05, 3.63) is 42.0 Å². The second-order valence-electron chi connectivity index (χ2n) is 5.56. The van der Waals surface area contributed by atoms with Gasteiger partial charge in [-0.3, -0.25) is 4.79 Å². The first kappa shape index (κ1) is 22.3. The van der Waals surface area contributed by atoms with Crippen LogP contribution in [0.15, 0.2) is 41.3 Å². The molecule has 0 aliphatic carbocycles. The third-order valence-electron chi connectivity index (χ3n) is 3.76. The number of ether oxygens (including phenoxy) is 3. The van der Waals surface area contributed by atoms with Crippen LogP contribution in [0.1, 0.15) is 17.3 Å². The lowest BCUT2D eigenvalue weighted by atomic mass is 10.1. The zero-order chi connectivity index (χ0) is 21.8. The largest absolute Gasteiger partial charge is 0.501 e. The Bertz CT molecular complexity index is 1010. The van der Waals surface area contributed by atoms with Gasteiger partial charge in [-0.25, -0.2) is 8.42 Å². The summed E-state index contributed by atoms with van der Waals surface area (Å²) in [6.07, 6.45) is 0. The highest BCUT2D eigenvalue weighted by Gasteiger charge is 2.47. The Labute approximate surface area is 165 Å². The minimum atomic E-state index is -5.59. The number of methoxy groups -OCH3 is 2. The molecule has 0 aliphatic rings. The molecule has 0 bridgehead atoms. The normalized spacial score (nSPS) is 11.7. The van der Waals surface area contributed by atoms with Gasteiger partial charge in [-0.05, 0) is 43.3 Å². The van der Waals surface area contributed by atoms with Gasteiger partial charge in [0.15, 0.2) is 11.5 Å². The van der Waals surface area contributed by atoms with E-state index in [9.17, 15) is 26.4 Å². The Morgan fingerprint density at radius 3 is 2.17 bits per heavy atom. The Morgan fingerprint density at radius 1 is 1.00 bits per heavy atom. The zero-order valence-corrected chi connectivity index (χ0v) is 16.5. The van der Waals surface area contributed by atoms with E-state index in [0.717, 1.165) is 12.1 Å². The van der Waals surface area contributed by atoms with Crippen LogP contribution in [-0.2, 0) is 9.84 Å². The summed E-state index contributed by atoms with van der Waals surface area (Å²) in [5.74, 6) is -0.0475. The first-order valence-corrected chi connectivity index (χ1v) is 9.65. The number of alkyl halides is 3. The number of carbonyl (C=O) groups is 1. The molecular weight excluding hydrogens is 415 g/mol. The maximum absolute atomic E-state index is 12.8. The summed E-state index contributed by atoms with van der Waals surface area (Å²) >= 11 is 0. The smallest absolute Gasteiger partial charge is 0.495 e. The van der Waals surface area contributed by atoms with Crippen molar-refractivity contribution in [3.8, 4) is 17.2 Å². The molecule has 0 fully saturated rings. The lowest BCUT2D eigenvalue weighted by molar-refractivity contribution is -0.0436. The first-order valence-electron chi connectivity index (χ1n) is 8.16. The molecule has 0 saturated carbocycles. The predicted octanol–water partition coefficient (Wildman–Crippen LogP) is 3.65. The maximum Gasteiger partial charge on any atom is 0.501 e. The molecule has 0 heterocycles. The molecule has 0 spiro atoms. The molecule has 29 heavy (non-hydrogen) atoms. The maximum atomic E-state index is 12.8. The van der Waals surface area contributed by atoms with E-state index in [1.165, 1.54) is 32.4 Å². The first-order chi connectivity index (χ1) is 13.5. The SMILES string of the molecule is CCOc1cc(C(=O)Nc2cc(S(=O)(=O)C(F)(F)F)ccc2OC)ccc1OC. The fraction of sp³-hybridized carbons (Fsp3) is 0.278. The third-order valence-corrected chi connectivity index (χ3v) is 5.24. The van der Waals surface area contributed by atoms with Crippen LogP contribution in [0.3, 0.4) is 0 Å². The van der Waals surface area contributed by atoms with Crippen LogP contribution in [0.25, 0.3) is 0 Å². The van der Waals surface area contributed by atoms with Crippen LogP contribution < -0.4 is 19.5 Å². The average molecular weight is 433 g/mol. The number of hydrogen-bond donors (Lipinski definition) is 1. The lowest BCUT2D eigenvalue weighted by Gasteiger charge is -2.14. The molecule has 0 saturated heterocycles. The van der Waals surface area contributed by atoms with Crippen LogP contribution in [0, 0.1) is 0 Å². The predicted molar refractivity (Wildman–Crippen MR) is 98.4 cm³/mol. The van der Waals surface area contributed by atoms with Crippen molar-refractivity contribution in [2.24, 2.45) is 0 Å². The minimum Gasteiger partial charge on any atom is -0.495 e. The third kappa shape index (κ3) is 4.73. The van der Waals surface area contributed by atoms with Crippen molar-refractivity contribution in [1.29, 1.82) is 0 Å². The molecule has 0 radical (unpaired) electrons. The van der Waals surface area contributed by atoms with Crippen LogP contribution in [0.5, 0.6) is 17.2 Å². The highest BCUT2D eigenvalue weighted by Crippen LogP contribution is 2.35. The van der Waals surface area contributed by atoms with E-state index in [4.69, 9.17) is 14.2 Å². The molecule has 1 amide bonds. The minimum absolute atomic E-state index is 0.0157. The van der Waals surface area contributed by atoms with E-state index < -0.39 is 26.1 Å². The molecule has 2 rings (SSSR count). The average Bonchev–Trinajstić information content (AvgIpc) is 2.67. The second kappa shape index (κ2) is 8.60. The van der Waals surface area contributed by atoms with Gasteiger partial charge in [0, 0.05) is 5.56 Å². The summed E-state index contributed by atoms with van der Waals surface area (Å²) < 4.78 is 77.2. The van der Waals surface area contributed by atoms with Crippen molar-refractivity contribution in [3.63, 3.8) is 0 Å². The van der Waals surface area contributed by atoms with Crippen molar-refractivity contribution in [2.45, 2.75) is 17.3 Å². The van der Waals surface area contributed by atoms with E-state index in [0.29, 0.717) is 24.2 Å². The topological polar surface area (TPSA) is 90.9 Å². The van der Waals surface area contributed by atoms with Gasteiger partial charge in [0.05, 0.1) is 31.4 Å². The Balaban J connectivity index is 2.42. The molecule has 158 valence electrons. The van der Waals surface area contributed by atoms with Gasteiger partial charge < -0.3 is 19.5 Å². The quantitative estimate of drug-likeness (QED) is 0.717. The van der Waals surface area contributed by atoms with Gasteiger partial charge >= 0.3 is 5.51 Å². The standard InChI is InChI=1S/C18H18F3NO6S/c1-4-28-16-9-11(5-7-15(16)27-3)17(23)22-13-10-12(6-8-14(13)26-2)29(24,25)18(19,20)21/h5-10H,4H2,1-3H3,(H,22,23). The van der Waals surface area contributed by atoms with Gasteiger partial charge in [-0.2, -0.15) is 13.2 Å². The number of hydrogen-bond acceptors (Lipinski definition) is 6. The zero-order valence-electron chi connectivity index (χ0n) is 15.7. The fourth-order valence-electron chi connectivity index (χ4n) is 2.37. The molecule has 1 N–H and O–H groups in total. The van der Waals surface area contributed by atoms with Crippen LogP contribution in [-0.4, -0.2) is 40.7 Å². The summed E-state index contributed by atoms with van der Waals surface area (Å²) in [5.41, 5.74) is -5.61. The van der Waals surface area contributed by atoms with Crippen molar-refractivity contribution in [2.75, 3.05) is 26.1 Å².